The van der Waals surface area contributed by atoms with Crippen molar-refractivity contribution in [2.45, 2.75) is 39.3 Å². The molecule has 0 saturated carbocycles. The minimum Gasteiger partial charge on any atom is -0.313 e. The Labute approximate surface area is 105 Å². The molecule has 2 unspecified atom stereocenters. The fourth-order valence-corrected chi connectivity index (χ4v) is 1.91. The molecule has 0 aliphatic rings. The first-order valence-corrected chi connectivity index (χ1v) is 6.48. The summed E-state index contributed by atoms with van der Waals surface area (Å²) in [7, 11) is 2.18. The van der Waals surface area contributed by atoms with Gasteiger partial charge in [-0.1, -0.05) is 13.0 Å². The van der Waals surface area contributed by atoms with Gasteiger partial charge in [-0.25, -0.2) is 0 Å². The molecule has 1 heterocycles. The second-order valence-corrected chi connectivity index (χ2v) is 4.64. The zero-order chi connectivity index (χ0) is 12.7. The Hall–Kier alpha value is -0.930. The van der Waals surface area contributed by atoms with Crippen LogP contribution in [0.4, 0.5) is 0 Å². The van der Waals surface area contributed by atoms with Crippen molar-refractivity contribution in [1.82, 2.24) is 15.2 Å². The van der Waals surface area contributed by atoms with Gasteiger partial charge in [0.25, 0.3) is 0 Å². The Morgan fingerprint density at radius 2 is 2.12 bits per heavy atom. The van der Waals surface area contributed by atoms with Gasteiger partial charge in [-0.3, -0.25) is 4.98 Å². The largest absolute Gasteiger partial charge is 0.313 e. The lowest BCUT2D eigenvalue weighted by Crippen LogP contribution is -2.45. The van der Waals surface area contributed by atoms with Crippen LogP contribution in [-0.2, 0) is 6.42 Å². The predicted molar refractivity (Wildman–Crippen MR) is 73.2 cm³/mol. The van der Waals surface area contributed by atoms with Gasteiger partial charge >= 0.3 is 0 Å². The van der Waals surface area contributed by atoms with Crippen molar-refractivity contribution >= 4 is 0 Å². The summed E-state index contributed by atoms with van der Waals surface area (Å²) in [6.45, 7) is 8.74. The number of likely N-dealkylation sites (N-methyl/N-ethyl adjacent to an activating group) is 2. The van der Waals surface area contributed by atoms with E-state index in [9.17, 15) is 0 Å². The van der Waals surface area contributed by atoms with E-state index >= 15 is 0 Å². The maximum absolute atomic E-state index is 4.35. The highest BCUT2D eigenvalue weighted by Gasteiger charge is 2.15. The average Bonchev–Trinajstić information content (AvgIpc) is 2.36. The van der Waals surface area contributed by atoms with Crippen LogP contribution in [0.15, 0.2) is 24.4 Å². The SMILES string of the molecule is CCNC(C)C(C)N(C)CCc1ccccn1. The Kier molecular flexibility index (Phi) is 6.16. The van der Waals surface area contributed by atoms with Crippen molar-refractivity contribution in [1.29, 1.82) is 0 Å². The molecule has 0 radical (unpaired) electrons. The van der Waals surface area contributed by atoms with Gasteiger partial charge in [0.05, 0.1) is 0 Å². The second-order valence-electron chi connectivity index (χ2n) is 4.64. The zero-order valence-corrected chi connectivity index (χ0v) is 11.5. The van der Waals surface area contributed by atoms with Gasteiger partial charge in [-0.2, -0.15) is 0 Å². The van der Waals surface area contributed by atoms with Crippen LogP contribution in [0.5, 0.6) is 0 Å². The van der Waals surface area contributed by atoms with Crippen molar-refractivity contribution in [2.24, 2.45) is 0 Å². The van der Waals surface area contributed by atoms with Gasteiger partial charge in [0.1, 0.15) is 0 Å². The van der Waals surface area contributed by atoms with Crippen molar-refractivity contribution in [3.63, 3.8) is 0 Å². The van der Waals surface area contributed by atoms with Gasteiger partial charge in [0, 0.05) is 36.9 Å². The van der Waals surface area contributed by atoms with E-state index in [1.807, 2.05) is 18.3 Å². The monoisotopic (exact) mass is 235 g/mol. The quantitative estimate of drug-likeness (QED) is 0.783. The fourth-order valence-electron chi connectivity index (χ4n) is 1.91. The predicted octanol–water partition coefficient (Wildman–Crippen LogP) is 1.94. The van der Waals surface area contributed by atoms with E-state index in [2.05, 4.69) is 49.1 Å². The molecule has 0 fully saturated rings. The Morgan fingerprint density at radius 3 is 2.71 bits per heavy atom. The number of nitrogens with zero attached hydrogens (tertiary/aromatic N) is 2. The van der Waals surface area contributed by atoms with Crippen LogP contribution in [0.2, 0.25) is 0 Å². The Morgan fingerprint density at radius 1 is 1.35 bits per heavy atom. The Balaban J connectivity index is 2.36. The molecule has 1 N–H and O–H groups in total. The molecule has 3 heteroatoms. The molecule has 1 aromatic heterocycles. The second kappa shape index (κ2) is 7.41. The van der Waals surface area contributed by atoms with Crippen LogP contribution < -0.4 is 5.32 Å². The highest BCUT2D eigenvalue weighted by atomic mass is 15.2. The number of aromatic nitrogens is 1. The van der Waals surface area contributed by atoms with Crippen LogP contribution >= 0.6 is 0 Å². The molecule has 1 aromatic rings. The van der Waals surface area contributed by atoms with E-state index in [0.29, 0.717) is 12.1 Å². The van der Waals surface area contributed by atoms with Crippen molar-refractivity contribution in [3.8, 4) is 0 Å². The van der Waals surface area contributed by atoms with Crippen LogP contribution in [0.25, 0.3) is 0 Å². The van der Waals surface area contributed by atoms with Crippen molar-refractivity contribution < 1.29 is 0 Å². The first kappa shape index (κ1) is 14.1. The molecule has 0 aliphatic carbocycles. The number of hydrogen-bond donors (Lipinski definition) is 1. The van der Waals surface area contributed by atoms with Gasteiger partial charge in [0.2, 0.25) is 0 Å². The summed E-state index contributed by atoms with van der Waals surface area (Å²) < 4.78 is 0. The van der Waals surface area contributed by atoms with E-state index in [1.54, 1.807) is 0 Å². The van der Waals surface area contributed by atoms with E-state index in [4.69, 9.17) is 0 Å². The minimum atomic E-state index is 0.522. The maximum atomic E-state index is 4.35. The van der Waals surface area contributed by atoms with E-state index in [0.717, 1.165) is 19.5 Å². The standard InChI is InChI=1S/C14H25N3/c1-5-15-12(2)13(3)17(4)11-9-14-8-6-7-10-16-14/h6-8,10,12-13,15H,5,9,11H2,1-4H3. The van der Waals surface area contributed by atoms with Gasteiger partial charge in [-0.15, -0.1) is 0 Å². The van der Waals surface area contributed by atoms with E-state index in [-0.39, 0.29) is 0 Å². The van der Waals surface area contributed by atoms with Gasteiger partial charge in [0.15, 0.2) is 0 Å². The van der Waals surface area contributed by atoms with E-state index < -0.39 is 0 Å². The van der Waals surface area contributed by atoms with Crippen molar-refractivity contribution in [3.05, 3.63) is 30.1 Å². The lowest BCUT2D eigenvalue weighted by atomic mass is 10.1. The highest BCUT2D eigenvalue weighted by Crippen LogP contribution is 2.04. The van der Waals surface area contributed by atoms with Crippen molar-refractivity contribution in [2.75, 3.05) is 20.1 Å². The van der Waals surface area contributed by atoms with Crippen LogP contribution in [0, 0.1) is 0 Å². The molecule has 3 nitrogen and oxygen atoms in total. The summed E-state index contributed by atoms with van der Waals surface area (Å²) in [6, 6.07) is 7.16. The topological polar surface area (TPSA) is 28.2 Å². The molecular formula is C14H25N3. The van der Waals surface area contributed by atoms with Crippen LogP contribution in [0.1, 0.15) is 26.5 Å². The molecular weight excluding hydrogens is 210 g/mol. The number of nitrogens with one attached hydrogen (secondary N) is 1. The number of pyridine rings is 1. The molecule has 0 saturated heterocycles. The van der Waals surface area contributed by atoms with Crippen LogP contribution in [0.3, 0.4) is 0 Å². The molecule has 0 spiro atoms. The maximum Gasteiger partial charge on any atom is 0.0416 e. The summed E-state index contributed by atoms with van der Waals surface area (Å²) in [5.74, 6) is 0. The van der Waals surface area contributed by atoms with Gasteiger partial charge < -0.3 is 10.2 Å². The lowest BCUT2D eigenvalue weighted by Gasteiger charge is -2.30. The molecule has 0 amide bonds. The fraction of sp³-hybridized carbons (Fsp3) is 0.643. The molecule has 1 rings (SSSR count). The third kappa shape index (κ3) is 4.84. The normalized spacial score (nSPS) is 14.9. The summed E-state index contributed by atoms with van der Waals surface area (Å²) in [5.41, 5.74) is 1.17. The van der Waals surface area contributed by atoms with Crippen LogP contribution in [-0.4, -0.2) is 42.1 Å². The minimum absolute atomic E-state index is 0.522. The third-order valence-electron chi connectivity index (χ3n) is 3.39. The molecule has 17 heavy (non-hydrogen) atoms. The summed E-state index contributed by atoms with van der Waals surface area (Å²) in [5, 5.41) is 3.47. The average molecular weight is 235 g/mol. The highest BCUT2D eigenvalue weighted by molar-refractivity contribution is 5.03. The van der Waals surface area contributed by atoms with E-state index in [1.165, 1.54) is 5.69 Å². The number of hydrogen-bond acceptors (Lipinski definition) is 3. The summed E-state index contributed by atoms with van der Waals surface area (Å²) in [6.07, 6.45) is 2.88. The van der Waals surface area contributed by atoms with Gasteiger partial charge in [-0.05, 0) is 39.6 Å². The smallest absolute Gasteiger partial charge is 0.0416 e. The number of rotatable bonds is 7. The first-order chi connectivity index (χ1) is 8.15. The molecule has 0 bridgehead atoms. The molecule has 96 valence electrons. The summed E-state index contributed by atoms with van der Waals surface area (Å²) in [4.78, 5) is 6.74. The first-order valence-electron chi connectivity index (χ1n) is 6.48. The Bertz CT molecular complexity index is 300. The summed E-state index contributed by atoms with van der Waals surface area (Å²) >= 11 is 0. The molecule has 2 atom stereocenters. The third-order valence-corrected chi connectivity index (χ3v) is 3.39. The molecule has 0 aromatic carbocycles. The molecule has 0 aliphatic heterocycles. The lowest BCUT2D eigenvalue weighted by molar-refractivity contribution is 0.217. The zero-order valence-electron chi connectivity index (χ0n) is 11.5.